The molecule has 0 aromatic heterocycles. The van der Waals surface area contributed by atoms with Gasteiger partial charge in [-0.3, -0.25) is 4.79 Å². The number of amides is 1. The van der Waals surface area contributed by atoms with Gasteiger partial charge in [0.2, 0.25) is 5.12 Å². The highest BCUT2D eigenvalue weighted by Crippen LogP contribution is 2.12. The lowest BCUT2D eigenvalue weighted by molar-refractivity contribution is -0.113. The van der Waals surface area contributed by atoms with Crippen molar-refractivity contribution in [1.82, 2.24) is 5.32 Å². The van der Waals surface area contributed by atoms with Crippen LogP contribution in [0.25, 0.3) is 0 Å². The smallest absolute Gasteiger partial charge is 0.408 e. The van der Waals surface area contributed by atoms with Gasteiger partial charge in [-0.15, -0.1) is 12.6 Å². The van der Waals surface area contributed by atoms with Crippen molar-refractivity contribution in [2.75, 3.05) is 0 Å². The van der Waals surface area contributed by atoms with Gasteiger partial charge in [0.15, 0.2) is 0 Å². The largest absolute Gasteiger partial charge is 0.444 e. The van der Waals surface area contributed by atoms with Crippen LogP contribution < -0.4 is 5.32 Å². The van der Waals surface area contributed by atoms with Crippen molar-refractivity contribution in [1.29, 1.82) is 0 Å². The van der Waals surface area contributed by atoms with Crippen LogP contribution in [0.5, 0.6) is 0 Å². The normalized spacial score (nSPS) is 15.1. The Hall–Kier alpha value is -0.710. The van der Waals surface area contributed by atoms with Crippen LogP contribution in [0.2, 0.25) is 0 Å². The van der Waals surface area contributed by atoms with Crippen molar-refractivity contribution in [2.45, 2.75) is 52.7 Å². The molecule has 1 amide bonds. The molecule has 0 saturated carbocycles. The summed E-state index contributed by atoms with van der Waals surface area (Å²) >= 11 is 3.76. The number of hydrogen-bond donors (Lipinski definition) is 2. The number of alkyl carbamates (subject to hydrolysis) is 1. The number of thiol groups is 1. The van der Waals surface area contributed by atoms with E-state index in [4.69, 9.17) is 4.74 Å². The number of carbonyl (C=O) groups excluding carboxylic acids is 2. The van der Waals surface area contributed by atoms with E-state index in [2.05, 4.69) is 17.9 Å². The van der Waals surface area contributed by atoms with E-state index < -0.39 is 17.7 Å². The molecule has 0 fully saturated rings. The number of rotatable bonds is 4. The molecule has 16 heavy (non-hydrogen) atoms. The Bertz CT molecular complexity index is 260. The summed E-state index contributed by atoms with van der Waals surface area (Å²) in [6.45, 7) is 9.15. The maximum atomic E-state index is 11.5. The van der Waals surface area contributed by atoms with Gasteiger partial charge in [0, 0.05) is 0 Å². The number of carbonyl (C=O) groups is 2. The molecule has 2 unspecified atom stereocenters. The average molecular weight is 247 g/mol. The fourth-order valence-corrected chi connectivity index (χ4v) is 1.44. The summed E-state index contributed by atoms with van der Waals surface area (Å²) in [6.07, 6.45) is 0.201. The first-order chi connectivity index (χ1) is 7.17. The Kier molecular flexibility index (Phi) is 5.86. The van der Waals surface area contributed by atoms with Crippen molar-refractivity contribution < 1.29 is 14.3 Å². The standard InChI is InChI=1S/C11H21NO3S/c1-6-7(2)8(9(13)16)12-10(14)15-11(3,4)5/h7-8H,6H2,1-5H3,(H,12,14)(H,13,16). The molecule has 0 spiro atoms. The topological polar surface area (TPSA) is 55.4 Å². The summed E-state index contributed by atoms with van der Waals surface area (Å²) in [5, 5.41) is 2.19. The van der Waals surface area contributed by atoms with Gasteiger partial charge >= 0.3 is 6.09 Å². The van der Waals surface area contributed by atoms with Crippen molar-refractivity contribution in [2.24, 2.45) is 5.92 Å². The van der Waals surface area contributed by atoms with Crippen LogP contribution >= 0.6 is 12.6 Å². The first-order valence-electron chi connectivity index (χ1n) is 5.39. The molecule has 94 valence electrons. The van der Waals surface area contributed by atoms with Crippen LogP contribution in [0, 0.1) is 5.92 Å². The van der Waals surface area contributed by atoms with Gasteiger partial charge in [-0.25, -0.2) is 4.79 Å². The summed E-state index contributed by atoms with van der Waals surface area (Å²) in [7, 11) is 0. The SMILES string of the molecule is CCC(C)C(NC(=O)OC(C)(C)C)C(=O)S. The molecular formula is C11H21NO3S. The van der Waals surface area contributed by atoms with Crippen molar-refractivity contribution in [3.05, 3.63) is 0 Å². The predicted octanol–water partition coefficient (Wildman–Crippen LogP) is 2.38. The molecule has 0 aliphatic carbocycles. The van der Waals surface area contributed by atoms with E-state index >= 15 is 0 Å². The minimum atomic E-state index is -0.594. The summed E-state index contributed by atoms with van der Waals surface area (Å²) in [4.78, 5) is 22.7. The fourth-order valence-electron chi connectivity index (χ4n) is 1.12. The highest BCUT2D eigenvalue weighted by molar-refractivity contribution is 7.96. The summed E-state index contributed by atoms with van der Waals surface area (Å²) in [5.41, 5.74) is -0.566. The van der Waals surface area contributed by atoms with Crippen LogP contribution in [-0.2, 0) is 9.53 Å². The van der Waals surface area contributed by atoms with Crippen LogP contribution in [0.15, 0.2) is 0 Å². The monoisotopic (exact) mass is 247 g/mol. The van der Waals surface area contributed by atoms with E-state index in [-0.39, 0.29) is 11.0 Å². The second kappa shape index (κ2) is 6.13. The fraction of sp³-hybridized carbons (Fsp3) is 0.818. The van der Waals surface area contributed by atoms with Gasteiger partial charge in [0.1, 0.15) is 11.6 Å². The minimum absolute atomic E-state index is 0.0394. The second-order valence-corrected chi connectivity index (χ2v) is 5.29. The lowest BCUT2D eigenvalue weighted by Gasteiger charge is -2.24. The molecule has 1 N–H and O–H groups in total. The zero-order chi connectivity index (χ0) is 12.9. The molecule has 0 aromatic carbocycles. The minimum Gasteiger partial charge on any atom is -0.444 e. The zero-order valence-corrected chi connectivity index (χ0v) is 11.4. The molecule has 0 bridgehead atoms. The zero-order valence-electron chi connectivity index (χ0n) is 10.5. The lowest BCUT2D eigenvalue weighted by atomic mass is 10.0. The Morgan fingerprint density at radius 2 is 1.88 bits per heavy atom. The molecule has 0 heterocycles. The van der Waals surface area contributed by atoms with Gasteiger partial charge in [-0.1, -0.05) is 20.3 Å². The maximum absolute atomic E-state index is 11.5. The van der Waals surface area contributed by atoms with E-state index in [1.165, 1.54) is 0 Å². The first-order valence-corrected chi connectivity index (χ1v) is 5.84. The molecule has 0 rings (SSSR count). The van der Waals surface area contributed by atoms with E-state index in [0.29, 0.717) is 0 Å². The van der Waals surface area contributed by atoms with Crippen LogP contribution in [0.3, 0.4) is 0 Å². The number of nitrogens with one attached hydrogen (secondary N) is 1. The Balaban J connectivity index is 4.42. The van der Waals surface area contributed by atoms with Crippen LogP contribution in [-0.4, -0.2) is 22.9 Å². The highest BCUT2D eigenvalue weighted by atomic mass is 32.1. The lowest BCUT2D eigenvalue weighted by Crippen LogP contribution is -2.45. The number of hydrogen-bond acceptors (Lipinski definition) is 3. The van der Waals surface area contributed by atoms with Crippen LogP contribution in [0.1, 0.15) is 41.0 Å². The van der Waals surface area contributed by atoms with E-state index in [0.717, 1.165) is 6.42 Å². The molecule has 0 saturated heterocycles. The molecular weight excluding hydrogens is 226 g/mol. The molecule has 4 nitrogen and oxygen atoms in total. The third-order valence-corrected chi connectivity index (χ3v) is 2.43. The number of ether oxygens (including phenoxy) is 1. The van der Waals surface area contributed by atoms with Crippen molar-refractivity contribution >= 4 is 23.8 Å². The second-order valence-electron chi connectivity index (χ2n) is 4.85. The molecule has 0 aliphatic rings. The Morgan fingerprint density at radius 3 is 2.19 bits per heavy atom. The molecule has 0 aliphatic heterocycles. The van der Waals surface area contributed by atoms with Gasteiger partial charge in [0.25, 0.3) is 0 Å². The quantitative estimate of drug-likeness (QED) is 0.750. The van der Waals surface area contributed by atoms with Gasteiger partial charge in [0.05, 0.1) is 0 Å². The maximum Gasteiger partial charge on any atom is 0.408 e. The van der Waals surface area contributed by atoms with Crippen molar-refractivity contribution in [3.8, 4) is 0 Å². The van der Waals surface area contributed by atoms with Gasteiger partial charge in [-0.2, -0.15) is 0 Å². The van der Waals surface area contributed by atoms with Gasteiger partial charge in [-0.05, 0) is 26.7 Å². The van der Waals surface area contributed by atoms with E-state index in [1.54, 1.807) is 20.8 Å². The average Bonchev–Trinajstić information content (AvgIpc) is 2.09. The Morgan fingerprint density at radius 1 is 1.38 bits per heavy atom. The molecule has 0 radical (unpaired) electrons. The Labute approximate surface area is 103 Å². The van der Waals surface area contributed by atoms with Gasteiger partial charge < -0.3 is 10.1 Å². The third-order valence-electron chi connectivity index (χ3n) is 2.15. The van der Waals surface area contributed by atoms with Crippen molar-refractivity contribution in [3.63, 3.8) is 0 Å². The molecule has 2 atom stereocenters. The summed E-state index contributed by atoms with van der Waals surface area (Å²) in [6, 6.07) is -0.594. The summed E-state index contributed by atoms with van der Waals surface area (Å²) < 4.78 is 5.08. The van der Waals surface area contributed by atoms with E-state index in [1.807, 2.05) is 13.8 Å². The summed E-state index contributed by atoms with van der Waals surface area (Å²) in [5.74, 6) is 0.0394. The predicted molar refractivity (Wildman–Crippen MR) is 66.6 cm³/mol. The molecule has 0 aromatic rings. The molecule has 5 heteroatoms. The third kappa shape index (κ3) is 6.00. The highest BCUT2D eigenvalue weighted by Gasteiger charge is 2.26. The first kappa shape index (κ1) is 15.3. The van der Waals surface area contributed by atoms with Crippen LogP contribution in [0.4, 0.5) is 4.79 Å². The van der Waals surface area contributed by atoms with E-state index in [9.17, 15) is 9.59 Å².